The van der Waals surface area contributed by atoms with Crippen LogP contribution in [-0.4, -0.2) is 23.8 Å². The lowest BCUT2D eigenvalue weighted by Crippen LogP contribution is -2.29. The lowest BCUT2D eigenvalue weighted by atomic mass is 10.1. The molecule has 7 heteroatoms. The smallest absolute Gasteiger partial charge is 0.248 e. The van der Waals surface area contributed by atoms with E-state index in [-0.39, 0.29) is 29.5 Å². The van der Waals surface area contributed by atoms with Gasteiger partial charge in [-0.1, -0.05) is 0 Å². The van der Waals surface area contributed by atoms with Crippen molar-refractivity contribution >= 4 is 23.4 Å². The van der Waals surface area contributed by atoms with Crippen LogP contribution in [0.1, 0.15) is 40.0 Å². The van der Waals surface area contributed by atoms with Gasteiger partial charge in [-0.25, -0.2) is 0 Å². The first kappa shape index (κ1) is 15.0. The fourth-order valence-electron chi connectivity index (χ4n) is 2.10. The van der Waals surface area contributed by atoms with Crippen LogP contribution in [0.15, 0.2) is 18.2 Å². The van der Waals surface area contributed by atoms with Gasteiger partial charge in [-0.15, -0.1) is 0 Å². The second-order valence-corrected chi connectivity index (χ2v) is 5.28. The van der Waals surface area contributed by atoms with Gasteiger partial charge in [0.15, 0.2) is 0 Å². The van der Waals surface area contributed by atoms with Gasteiger partial charge in [0.05, 0.1) is 0 Å². The Morgan fingerprint density at radius 1 is 1.10 bits per heavy atom. The number of nitrogens with two attached hydrogens (primary N) is 3. The minimum absolute atomic E-state index is 0.105. The Bertz CT molecular complexity index is 564. The zero-order valence-corrected chi connectivity index (χ0v) is 11.5. The molecule has 0 aliphatic heterocycles. The summed E-state index contributed by atoms with van der Waals surface area (Å²) < 4.78 is 0. The first-order valence-corrected chi connectivity index (χ1v) is 6.67. The van der Waals surface area contributed by atoms with Crippen molar-refractivity contribution in [1.82, 2.24) is 0 Å². The second kappa shape index (κ2) is 5.92. The van der Waals surface area contributed by atoms with Gasteiger partial charge in [0.1, 0.15) is 0 Å². The summed E-state index contributed by atoms with van der Waals surface area (Å²) in [5.74, 6) is -1.27. The summed E-state index contributed by atoms with van der Waals surface area (Å²) in [7, 11) is 0. The number of primary amides is 2. The minimum Gasteiger partial charge on any atom is -0.366 e. The number of nitrogens with one attached hydrogen (secondary N) is 1. The molecular weight excluding hydrogens is 272 g/mol. The van der Waals surface area contributed by atoms with E-state index < -0.39 is 11.8 Å². The summed E-state index contributed by atoms with van der Waals surface area (Å²) in [5.41, 5.74) is 16.8. The summed E-state index contributed by atoms with van der Waals surface area (Å²) in [6, 6.07) is 3.92. The lowest BCUT2D eigenvalue weighted by molar-refractivity contribution is -0.116. The van der Waals surface area contributed by atoms with E-state index >= 15 is 0 Å². The molecule has 0 spiro atoms. The molecule has 1 saturated carbocycles. The van der Waals surface area contributed by atoms with Crippen LogP contribution in [0.2, 0.25) is 0 Å². The van der Waals surface area contributed by atoms with Gasteiger partial charge in [0, 0.05) is 29.3 Å². The Hall–Kier alpha value is -2.41. The lowest BCUT2D eigenvalue weighted by Gasteiger charge is -2.12. The topological polar surface area (TPSA) is 141 Å². The molecule has 1 aromatic rings. The number of anilines is 1. The van der Waals surface area contributed by atoms with Crippen molar-refractivity contribution in [2.75, 3.05) is 5.32 Å². The Morgan fingerprint density at radius 3 is 2.05 bits per heavy atom. The van der Waals surface area contributed by atoms with Crippen molar-refractivity contribution in [2.24, 2.45) is 23.1 Å². The number of amides is 3. The van der Waals surface area contributed by atoms with E-state index in [1.165, 1.54) is 18.2 Å². The van der Waals surface area contributed by atoms with Crippen molar-refractivity contribution < 1.29 is 14.4 Å². The van der Waals surface area contributed by atoms with E-state index in [0.717, 1.165) is 12.8 Å². The van der Waals surface area contributed by atoms with E-state index in [9.17, 15) is 14.4 Å². The van der Waals surface area contributed by atoms with Gasteiger partial charge in [-0.3, -0.25) is 14.4 Å². The molecule has 112 valence electrons. The first-order valence-electron chi connectivity index (χ1n) is 6.67. The van der Waals surface area contributed by atoms with Crippen LogP contribution in [0.3, 0.4) is 0 Å². The van der Waals surface area contributed by atoms with Crippen LogP contribution in [-0.2, 0) is 4.79 Å². The minimum atomic E-state index is -0.705. The number of hydrogen-bond acceptors (Lipinski definition) is 4. The summed E-state index contributed by atoms with van der Waals surface area (Å²) in [5, 5.41) is 2.61. The highest BCUT2D eigenvalue weighted by Crippen LogP contribution is 2.32. The second-order valence-electron chi connectivity index (χ2n) is 5.28. The van der Waals surface area contributed by atoms with Gasteiger partial charge in [-0.05, 0) is 37.0 Å². The van der Waals surface area contributed by atoms with E-state index in [1.54, 1.807) is 0 Å². The van der Waals surface area contributed by atoms with E-state index in [0.29, 0.717) is 11.6 Å². The highest BCUT2D eigenvalue weighted by Gasteiger charge is 2.29. The summed E-state index contributed by atoms with van der Waals surface area (Å²) in [6.45, 7) is 0. The van der Waals surface area contributed by atoms with Gasteiger partial charge < -0.3 is 22.5 Å². The Kier molecular flexibility index (Phi) is 4.23. The standard InChI is InChI=1S/C14H18N4O3/c15-11(7-1-2-7)6-12(19)18-10-4-8(13(16)20)3-9(5-10)14(17)21/h3-5,7,11H,1-2,6,15H2,(H2,16,20)(H2,17,21)(H,18,19). The van der Waals surface area contributed by atoms with Gasteiger partial charge in [0.25, 0.3) is 0 Å². The normalized spacial score (nSPS) is 15.3. The molecule has 7 N–H and O–H groups in total. The predicted molar refractivity (Wildman–Crippen MR) is 77.4 cm³/mol. The van der Waals surface area contributed by atoms with Crippen LogP contribution in [0.4, 0.5) is 5.69 Å². The highest BCUT2D eigenvalue weighted by atomic mass is 16.2. The molecule has 0 saturated heterocycles. The molecule has 21 heavy (non-hydrogen) atoms. The average Bonchev–Trinajstić information content (AvgIpc) is 3.22. The number of benzene rings is 1. The van der Waals surface area contributed by atoms with Crippen molar-refractivity contribution in [3.8, 4) is 0 Å². The van der Waals surface area contributed by atoms with Crippen molar-refractivity contribution in [1.29, 1.82) is 0 Å². The highest BCUT2D eigenvalue weighted by molar-refractivity contribution is 6.01. The third-order valence-electron chi connectivity index (χ3n) is 3.43. The molecule has 0 aromatic heterocycles. The predicted octanol–water partition coefficient (Wildman–Crippen LogP) is -0.0497. The maximum absolute atomic E-state index is 11.9. The zero-order valence-electron chi connectivity index (χ0n) is 11.5. The average molecular weight is 290 g/mol. The molecular formula is C14H18N4O3. The van der Waals surface area contributed by atoms with E-state index in [1.807, 2.05) is 0 Å². The maximum Gasteiger partial charge on any atom is 0.248 e. The fraction of sp³-hybridized carbons (Fsp3) is 0.357. The first-order chi connectivity index (χ1) is 9.86. The Labute approximate surface area is 121 Å². The molecule has 0 radical (unpaired) electrons. The van der Waals surface area contributed by atoms with Crippen molar-refractivity contribution in [3.63, 3.8) is 0 Å². The molecule has 1 aromatic carbocycles. The quantitative estimate of drug-likeness (QED) is 0.582. The third-order valence-corrected chi connectivity index (χ3v) is 3.43. The molecule has 7 nitrogen and oxygen atoms in total. The molecule has 0 heterocycles. The number of hydrogen-bond donors (Lipinski definition) is 4. The molecule has 1 unspecified atom stereocenters. The molecule has 1 aliphatic rings. The molecule has 0 bridgehead atoms. The fourth-order valence-corrected chi connectivity index (χ4v) is 2.10. The Morgan fingerprint density at radius 2 is 1.62 bits per heavy atom. The Balaban J connectivity index is 2.12. The van der Waals surface area contributed by atoms with Crippen LogP contribution in [0.25, 0.3) is 0 Å². The van der Waals surface area contributed by atoms with Gasteiger partial charge >= 0.3 is 0 Å². The number of rotatable bonds is 6. The summed E-state index contributed by atoms with van der Waals surface area (Å²) >= 11 is 0. The molecule has 1 fully saturated rings. The number of carbonyl (C=O) groups is 3. The van der Waals surface area contributed by atoms with Gasteiger partial charge in [0.2, 0.25) is 17.7 Å². The molecule has 1 aliphatic carbocycles. The van der Waals surface area contributed by atoms with Crippen LogP contribution in [0, 0.1) is 5.92 Å². The molecule has 3 amide bonds. The SMILES string of the molecule is NC(=O)c1cc(NC(=O)CC(N)C2CC2)cc(C(N)=O)c1. The van der Waals surface area contributed by atoms with Crippen molar-refractivity contribution in [2.45, 2.75) is 25.3 Å². The molecule has 1 atom stereocenters. The van der Waals surface area contributed by atoms with E-state index in [2.05, 4.69) is 5.32 Å². The monoisotopic (exact) mass is 290 g/mol. The van der Waals surface area contributed by atoms with Gasteiger partial charge in [-0.2, -0.15) is 0 Å². The van der Waals surface area contributed by atoms with Crippen LogP contribution >= 0.6 is 0 Å². The van der Waals surface area contributed by atoms with Crippen molar-refractivity contribution in [3.05, 3.63) is 29.3 Å². The zero-order chi connectivity index (χ0) is 15.6. The summed E-state index contributed by atoms with van der Waals surface area (Å²) in [4.78, 5) is 34.3. The van der Waals surface area contributed by atoms with Crippen LogP contribution < -0.4 is 22.5 Å². The largest absolute Gasteiger partial charge is 0.366 e. The number of carbonyl (C=O) groups excluding carboxylic acids is 3. The maximum atomic E-state index is 11.9. The van der Waals surface area contributed by atoms with E-state index in [4.69, 9.17) is 17.2 Å². The molecule has 2 rings (SSSR count). The summed E-state index contributed by atoms with van der Waals surface area (Å²) in [6.07, 6.45) is 2.30. The third kappa shape index (κ3) is 4.03. The van der Waals surface area contributed by atoms with Crippen LogP contribution in [0.5, 0.6) is 0 Å².